The number of hydrogen-bond acceptors (Lipinski definition) is 2. The van der Waals surface area contributed by atoms with Crippen LogP contribution in [0.5, 0.6) is 0 Å². The van der Waals surface area contributed by atoms with E-state index in [9.17, 15) is 4.79 Å². The van der Waals surface area contributed by atoms with Crippen molar-refractivity contribution in [3.8, 4) is 0 Å². The summed E-state index contributed by atoms with van der Waals surface area (Å²) in [6.07, 6.45) is 1.89. The SMILES string of the molecule is CCCc1ccc(C(C)(C)CNC(=O)OC)cc1. The van der Waals surface area contributed by atoms with Gasteiger partial charge in [0, 0.05) is 12.0 Å². The van der Waals surface area contributed by atoms with Crippen molar-refractivity contribution in [1.82, 2.24) is 5.32 Å². The number of ether oxygens (including phenoxy) is 1. The van der Waals surface area contributed by atoms with Gasteiger partial charge in [0.25, 0.3) is 0 Å². The lowest BCUT2D eigenvalue weighted by molar-refractivity contribution is 0.168. The van der Waals surface area contributed by atoms with Crippen molar-refractivity contribution in [1.29, 1.82) is 0 Å². The predicted octanol–water partition coefficient (Wildman–Crippen LogP) is 3.27. The molecule has 1 aromatic carbocycles. The lowest BCUT2D eigenvalue weighted by Crippen LogP contribution is -2.36. The summed E-state index contributed by atoms with van der Waals surface area (Å²) < 4.78 is 4.58. The Morgan fingerprint density at radius 2 is 1.89 bits per heavy atom. The van der Waals surface area contributed by atoms with Crippen molar-refractivity contribution in [2.45, 2.75) is 39.0 Å². The molecule has 18 heavy (non-hydrogen) atoms. The maximum absolute atomic E-state index is 11.1. The maximum atomic E-state index is 11.1. The molecule has 0 unspecified atom stereocenters. The van der Waals surface area contributed by atoms with Crippen molar-refractivity contribution in [3.63, 3.8) is 0 Å². The molecule has 0 aliphatic carbocycles. The Bertz CT molecular complexity index is 382. The van der Waals surface area contributed by atoms with Crippen molar-refractivity contribution in [2.75, 3.05) is 13.7 Å². The molecule has 0 aromatic heterocycles. The Balaban J connectivity index is 2.68. The van der Waals surface area contributed by atoms with Gasteiger partial charge in [-0.05, 0) is 17.5 Å². The number of alkyl carbamates (subject to hydrolysis) is 1. The molecule has 1 amide bonds. The lowest BCUT2D eigenvalue weighted by atomic mass is 9.84. The van der Waals surface area contributed by atoms with Crippen LogP contribution in [0.3, 0.4) is 0 Å². The van der Waals surface area contributed by atoms with Crippen LogP contribution in [-0.4, -0.2) is 19.7 Å². The lowest BCUT2D eigenvalue weighted by Gasteiger charge is -2.25. The van der Waals surface area contributed by atoms with Crippen LogP contribution in [0.25, 0.3) is 0 Å². The van der Waals surface area contributed by atoms with E-state index in [2.05, 4.69) is 55.1 Å². The summed E-state index contributed by atoms with van der Waals surface area (Å²) in [5, 5.41) is 2.75. The van der Waals surface area contributed by atoms with Gasteiger partial charge in [0.15, 0.2) is 0 Å². The highest BCUT2D eigenvalue weighted by Crippen LogP contribution is 2.23. The third kappa shape index (κ3) is 4.06. The highest BCUT2D eigenvalue weighted by atomic mass is 16.5. The standard InChI is InChI=1S/C15H23NO2/c1-5-6-12-7-9-13(10-8-12)15(2,3)11-16-14(17)18-4/h7-10H,5-6,11H2,1-4H3,(H,16,17). The van der Waals surface area contributed by atoms with Gasteiger partial charge < -0.3 is 10.1 Å². The molecule has 0 heterocycles. The number of aryl methyl sites for hydroxylation is 1. The first-order chi connectivity index (χ1) is 8.49. The summed E-state index contributed by atoms with van der Waals surface area (Å²) in [6.45, 7) is 6.96. The number of benzene rings is 1. The summed E-state index contributed by atoms with van der Waals surface area (Å²) in [6, 6.07) is 8.62. The Morgan fingerprint density at radius 1 is 1.28 bits per heavy atom. The molecule has 100 valence electrons. The molecule has 0 saturated heterocycles. The zero-order valence-corrected chi connectivity index (χ0v) is 11.7. The molecule has 0 aliphatic heterocycles. The van der Waals surface area contributed by atoms with Crippen molar-refractivity contribution < 1.29 is 9.53 Å². The first kappa shape index (κ1) is 14.6. The second-order valence-electron chi connectivity index (χ2n) is 5.18. The van der Waals surface area contributed by atoms with Gasteiger partial charge in [0.1, 0.15) is 0 Å². The Morgan fingerprint density at radius 3 is 2.39 bits per heavy atom. The second-order valence-corrected chi connectivity index (χ2v) is 5.18. The van der Waals surface area contributed by atoms with E-state index in [0.29, 0.717) is 6.54 Å². The van der Waals surface area contributed by atoms with Gasteiger partial charge in [0.05, 0.1) is 7.11 Å². The molecule has 1 aromatic rings. The highest BCUT2D eigenvalue weighted by Gasteiger charge is 2.21. The van der Waals surface area contributed by atoms with E-state index in [1.807, 2.05) is 0 Å². The quantitative estimate of drug-likeness (QED) is 0.869. The zero-order valence-electron chi connectivity index (χ0n) is 11.7. The van der Waals surface area contributed by atoms with E-state index in [4.69, 9.17) is 0 Å². The van der Waals surface area contributed by atoms with E-state index >= 15 is 0 Å². The van der Waals surface area contributed by atoms with Crippen LogP contribution in [0.15, 0.2) is 24.3 Å². The summed E-state index contributed by atoms with van der Waals surface area (Å²) in [4.78, 5) is 11.1. The third-order valence-corrected chi connectivity index (χ3v) is 3.13. The van der Waals surface area contributed by atoms with E-state index in [0.717, 1.165) is 12.8 Å². The smallest absolute Gasteiger partial charge is 0.406 e. The van der Waals surface area contributed by atoms with Crippen molar-refractivity contribution in [3.05, 3.63) is 35.4 Å². The fraction of sp³-hybridized carbons (Fsp3) is 0.533. The molecule has 0 atom stereocenters. The number of rotatable bonds is 5. The number of carbonyl (C=O) groups excluding carboxylic acids is 1. The van der Waals surface area contributed by atoms with Gasteiger partial charge in [-0.3, -0.25) is 0 Å². The molecule has 1 rings (SSSR count). The summed E-state index contributed by atoms with van der Waals surface area (Å²) in [5.41, 5.74) is 2.48. The fourth-order valence-corrected chi connectivity index (χ4v) is 1.88. The summed E-state index contributed by atoms with van der Waals surface area (Å²) in [7, 11) is 1.38. The molecular weight excluding hydrogens is 226 g/mol. The van der Waals surface area contributed by atoms with Crippen molar-refractivity contribution >= 4 is 6.09 Å². The van der Waals surface area contributed by atoms with Crippen LogP contribution >= 0.6 is 0 Å². The Hall–Kier alpha value is -1.51. The van der Waals surface area contributed by atoms with Crippen LogP contribution in [0, 0.1) is 0 Å². The molecule has 0 spiro atoms. The minimum absolute atomic E-state index is 0.0983. The molecule has 0 radical (unpaired) electrons. The first-order valence-corrected chi connectivity index (χ1v) is 6.41. The number of methoxy groups -OCH3 is 1. The molecule has 0 bridgehead atoms. The monoisotopic (exact) mass is 249 g/mol. The first-order valence-electron chi connectivity index (χ1n) is 6.41. The maximum Gasteiger partial charge on any atom is 0.406 e. The molecule has 3 nitrogen and oxygen atoms in total. The second kappa shape index (κ2) is 6.43. The van der Waals surface area contributed by atoms with Gasteiger partial charge in [-0.15, -0.1) is 0 Å². The normalized spacial score (nSPS) is 11.1. The largest absolute Gasteiger partial charge is 0.453 e. The average molecular weight is 249 g/mol. The van der Waals surface area contributed by atoms with Crippen molar-refractivity contribution in [2.24, 2.45) is 0 Å². The highest BCUT2D eigenvalue weighted by molar-refractivity contribution is 5.67. The van der Waals surface area contributed by atoms with E-state index in [1.54, 1.807) is 0 Å². The molecule has 0 saturated carbocycles. The van der Waals surface area contributed by atoms with Crippen LogP contribution in [0.1, 0.15) is 38.3 Å². The fourth-order valence-electron chi connectivity index (χ4n) is 1.88. The van der Waals surface area contributed by atoms with E-state index < -0.39 is 0 Å². The topological polar surface area (TPSA) is 38.3 Å². The number of nitrogens with one attached hydrogen (secondary N) is 1. The molecule has 0 fully saturated rings. The van der Waals surface area contributed by atoms with E-state index in [1.165, 1.54) is 18.2 Å². The van der Waals surface area contributed by atoms with Gasteiger partial charge >= 0.3 is 6.09 Å². The van der Waals surface area contributed by atoms with E-state index in [-0.39, 0.29) is 11.5 Å². The summed E-state index contributed by atoms with van der Waals surface area (Å²) in [5.74, 6) is 0. The van der Waals surface area contributed by atoms with Gasteiger partial charge in [-0.1, -0.05) is 51.5 Å². The minimum Gasteiger partial charge on any atom is -0.453 e. The minimum atomic E-state index is -0.384. The number of carbonyl (C=O) groups is 1. The number of hydrogen-bond donors (Lipinski definition) is 1. The molecule has 1 N–H and O–H groups in total. The predicted molar refractivity (Wildman–Crippen MR) is 73.9 cm³/mol. The zero-order chi connectivity index (χ0) is 13.6. The summed E-state index contributed by atoms with van der Waals surface area (Å²) >= 11 is 0. The van der Waals surface area contributed by atoms with Crippen LogP contribution < -0.4 is 5.32 Å². The van der Waals surface area contributed by atoms with Crippen LogP contribution in [-0.2, 0) is 16.6 Å². The van der Waals surface area contributed by atoms with Gasteiger partial charge in [-0.2, -0.15) is 0 Å². The number of amides is 1. The Kier molecular flexibility index (Phi) is 5.20. The average Bonchev–Trinajstić information content (AvgIpc) is 2.37. The van der Waals surface area contributed by atoms with Gasteiger partial charge in [-0.25, -0.2) is 4.79 Å². The molecule has 3 heteroatoms. The Labute approximate surface area is 110 Å². The molecular formula is C15H23NO2. The van der Waals surface area contributed by atoms with Crippen LogP contribution in [0.2, 0.25) is 0 Å². The van der Waals surface area contributed by atoms with Gasteiger partial charge in [0.2, 0.25) is 0 Å². The van der Waals surface area contributed by atoms with Crippen LogP contribution in [0.4, 0.5) is 4.79 Å². The third-order valence-electron chi connectivity index (χ3n) is 3.13. The molecule has 0 aliphatic rings.